The number of hydrogen-bond acceptors (Lipinski definition) is 4. The molecule has 0 saturated carbocycles. The van der Waals surface area contributed by atoms with Crippen LogP contribution in [0.2, 0.25) is 0 Å². The van der Waals surface area contributed by atoms with Gasteiger partial charge in [-0.15, -0.1) is 5.10 Å². The van der Waals surface area contributed by atoms with Crippen LogP contribution < -0.4 is 5.32 Å². The molecular formula is C6H10N4OS. The van der Waals surface area contributed by atoms with Gasteiger partial charge in [0.15, 0.2) is 0 Å². The summed E-state index contributed by atoms with van der Waals surface area (Å²) in [6.45, 7) is 1.78. The van der Waals surface area contributed by atoms with Crippen LogP contribution >= 0.6 is 11.8 Å². The van der Waals surface area contributed by atoms with Crippen molar-refractivity contribution in [2.75, 3.05) is 11.6 Å². The Bertz CT molecular complexity index is 272. The molecule has 1 rings (SSSR count). The van der Waals surface area contributed by atoms with Crippen molar-refractivity contribution >= 4 is 23.6 Å². The fraction of sp³-hybridized carbons (Fsp3) is 0.500. The molecule has 1 heterocycles. The summed E-state index contributed by atoms with van der Waals surface area (Å²) in [5.41, 5.74) is 0. The molecule has 0 saturated heterocycles. The molecule has 0 radical (unpaired) electrons. The number of H-pyrrole nitrogens is 1. The fourth-order valence-corrected chi connectivity index (χ4v) is 0.934. The molecule has 0 unspecified atom stereocenters. The van der Waals surface area contributed by atoms with Gasteiger partial charge in [-0.2, -0.15) is 4.98 Å². The van der Waals surface area contributed by atoms with Crippen molar-refractivity contribution < 1.29 is 4.79 Å². The first-order valence-electron chi connectivity index (χ1n) is 3.52. The molecule has 0 aliphatic heterocycles. The highest BCUT2D eigenvalue weighted by atomic mass is 32.2. The van der Waals surface area contributed by atoms with Crippen LogP contribution in [0.25, 0.3) is 0 Å². The van der Waals surface area contributed by atoms with E-state index in [1.807, 2.05) is 6.26 Å². The minimum Gasteiger partial charge on any atom is -0.295 e. The highest BCUT2D eigenvalue weighted by molar-refractivity contribution is 7.98. The summed E-state index contributed by atoms with van der Waals surface area (Å²) < 4.78 is 0. The summed E-state index contributed by atoms with van der Waals surface area (Å²) in [7, 11) is 0. The zero-order valence-corrected chi connectivity index (χ0v) is 7.73. The van der Waals surface area contributed by atoms with E-state index in [0.29, 0.717) is 17.5 Å². The van der Waals surface area contributed by atoms with Crippen LogP contribution in [0.5, 0.6) is 0 Å². The molecule has 0 aliphatic carbocycles. The van der Waals surface area contributed by atoms with Gasteiger partial charge in [-0.25, -0.2) is 5.10 Å². The molecule has 0 atom stereocenters. The maximum atomic E-state index is 10.9. The Morgan fingerprint density at radius 1 is 1.75 bits per heavy atom. The minimum atomic E-state index is -0.0706. The normalized spacial score (nSPS) is 9.83. The Hall–Kier alpha value is -1.04. The fourth-order valence-electron chi connectivity index (χ4n) is 0.614. The van der Waals surface area contributed by atoms with Crippen molar-refractivity contribution in [1.29, 1.82) is 0 Å². The predicted octanol–water partition coefficient (Wildman–Crippen LogP) is 0.875. The first-order chi connectivity index (χ1) is 5.76. The van der Waals surface area contributed by atoms with Crippen molar-refractivity contribution in [3.05, 3.63) is 0 Å². The quantitative estimate of drug-likeness (QED) is 0.687. The number of amides is 1. The molecule has 1 aromatic rings. The van der Waals surface area contributed by atoms with Crippen LogP contribution in [-0.4, -0.2) is 27.3 Å². The average Bonchev–Trinajstić information content (AvgIpc) is 2.52. The largest absolute Gasteiger partial charge is 0.295 e. The third kappa shape index (κ3) is 2.23. The van der Waals surface area contributed by atoms with Crippen LogP contribution in [0.3, 0.4) is 0 Å². The van der Waals surface area contributed by atoms with Crippen LogP contribution in [0.4, 0.5) is 5.95 Å². The Morgan fingerprint density at radius 2 is 2.50 bits per heavy atom. The number of carbonyl (C=O) groups is 1. The van der Waals surface area contributed by atoms with Crippen molar-refractivity contribution in [2.24, 2.45) is 0 Å². The van der Waals surface area contributed by atoms with Gasteiger partial charge in [0.1, 0.15) is 0 Å². The van der Waals surface area contributed by atoms with Gasteiger partial charge in [-0.05, 0) is 6.26 Å². The number of rotatable bonds is 3. The number of anilines is 1. The second-order valence-electron chi connectivity index (χ2n) is 2.07. The number of carbonyl (C=O) groups excluding carboxylic acids is 1. The number of aromatic nitrogens is 3. The Labute approximate surface area is 74.3 Å². The Morgan fingerprint density at radius 3 is 3.00 bits per heavy atom. The second kappa shape index (κ2) is 4.10. The number of nitrogens with zero attached hydrogens (tertiary/aromatic N) is 2. The molecule has 0 bridgehead atoms. The van der Waals surface area contributed by atoms with Crippen LogP contribution in [0.1, 0.15) is 13.3 Å². The lowest BCUT2D eigenvalue weighted by atomic mass is 10.5. The summed E-state index contributed by atoms with van der Waals surface area (Å²) >= 11 is 1.42. The lowest BCUT2D eigenvalue weighted by Gasteiger charge is -1.94. The van der Waals surface area contributed by atoms with Gasteiger partial charge in [0.2, 0.25) is 17.0 Å². The van der Waals surface area contributed by atoms with Crippen molar-refractivity contribution in [2.45, 2.75) is 18.5 Å². The highest BCUT2D eigenvalue weighted by Gasteiger charge is 2.03. The van der Waals surface area contributed by atoms with Gasteiger partial charge in [0.25, 0.3) is 0 Å². The third-order valence-electron chi connectivity index (χ3n) is 1.23. The third-order valence-corrected chi connectivity index (χ3v) is 1.77. The molecule has 6 heteroatoms. The smallest absolute Gasteiger partial charge is 0.226 e. The predicted molar refractivity (Wildman–Crippen MR) is 47.1 cm³/mol. The van der Waals surface area contributed by atoms with Crippen molar-refractivity contribution in [3.8, 4) is 0 Å². The van der Waals surface area contributed by atoms with Crippen LogP contribution in [-0.2, 0) is 4.79 Å². The molecule has 2 N–H and O–H groups in total. The molecule has 12 heavy (non-hydrogen) atoms. The van der Waals surface area contributed by atoms with Gasteiger partial charge in [0, 0.05) is 6.42 Å². The van der Waals surface area contributed by atoms with Gasteiger partial charge in [-0.3, -0.25) is 10.1 Å². The van der Waals surface area contributed by atoms with Gasteiger partial charge in [-0.1, -0.05) is 18.7 Å². The number of thioether (sulfide) groups is 1. The maximum Gasteiger partial charge on any atom is 0.226 e. The number of nitrogens with one attached hydrogen (secondary N) is 2. The van der Waals surface area contributed by atoms with Crippen molar-refractivity contribution in [1.82, 2.24) is 15.2 Å². The summed E-state index contributed by atoms with van der Waals surface area (Å²) in [5, 5.41) is 9.63. The van der Waals surface area contributed by atoms with Crippen LogP contribution in [0, 0.1) is 0 Å². The zero-order chi connectivity index (χ0) is 8.97. The topological polar surface area (TPSA) is 70.7 Å². The molecule has 0 fully saturated rings. The molecule has 1 amide bonds. The molecular weight excluding hydrogens is 176 g/mol. The first-order valence-corrected chi connectivity index (χ1v) is 4.75. The summed E-state index contributed by atoms with van der Waals surface area (Å²) in [6, 6.07) is 0. The zero-order valence-electron chi connectivity index (χ0n) is 6.92. The molecule has 1 aromatic heterocycles. The highest BCUT2D eigenvalue weighted by Crippen LogP contribution is 2.09. The van der Waals surface area contributed by atoms with E-state index in [-0.39, 0.29) is 5.91 Å². The van der Waals surface area contributed by atoms with E-state index in [1.165, 1.54) is 11.8 Å². The summed E-state index contributed by atoms with van der Waals surface area (Å²) in [6.07, 6.45) is 2.31. The minimum absolute atomic E-state index is 0.0706. The molecule has 0 spiro atoms. The maximum absolute atomic E-state index is 10.9. The molecule has 0 aliphatic rings. The van der Waals surface area contributed by atoms with Gasteiger partial charge >= 0.3 is 0 Å². The molecule has 0 aromatic carbocycles. The van der Waals surface area contributed by atoms with Crippen molar-refractivity contribution in [3.63, 3.8) is 0 Å². The molecule has 66 valence electrons. The first kappa shape index (κ1) is 9.05. The monoisotopic (exact) mass is 186 g/mol. The lowest BCUT2D eigenvalue weighted by molar-refractivity contribution is -0.115. The Balaban J connectivity index is 2.58. The molecule has 5 nitrogen and oxygen atoms in total. The van der Waals surface area contributed by atoms with E-state index in [2.05, 4.69) is 20.5 Å². The SMILES string of the molecule is CCC(=O)Nc1nc(SC)n[nH]1. The number of aromatic amines is 1. The van der Waals surface area contributed by atoms with E-state index in [0.717, 1.165) is 0 Å². The van der Waals surface area contributed by atoms with Crippen LogP contribution in [0.15, 0.2) is 5.16 Å². The standard InChI is InChI=1S/C6H10N4OS/c1-3-4(11)7-5-8-6(12-2)10-9-5/h3H2,1-2H3,(H2,7,8,9,10,11). The van der Waals surface area contributed by atoms with Gasteiger partial charge in [0.05, 0.1) is 0 Å². The van der Waals surface area contributed by atoms with E-state index in [9.17, 15) is 4.79 Å². The summed E-state index contributed by atoms with van der Waals surface area (Å²) in [4.78, 5) is 14.9. The second-order valence-corrected chi connectivity index (χ2v) is 2.85. The van der Waals surface area contributed by atoms with E-state index >= 15 is 0 Å². The van der Waals surface area contributed by atoms with E-state index in [1.54, 1.807) is 6.92 Å². The van der Waals surface area contributed by atoms with E-state index in [4.69, 9.17) is 0 Å². The summed E-state index contributed by atoms with van der Waals surface area (Å²) in [5.74, 6) is 0.338. The van der Waals surface area contributed by atoms with E-state index < -0.39 is 0 Å². The average molecular weight is 186 g/mol. The van der Waals surface area contributed by atoms with Gasteiger partial charge < -0.3 is 0 Å². The lowest BCUT2D eigenvalue weighted by Crippen LogP contribution is -2.10. The Kier molecular flexibility index (Phi) is 3.09. The number of hydrogen-bond donors (Lipinski definition) is 2.